The number of thiazole rings is 1. The molecule has 1 unspecified atom stereocenters. The van der Waals surface area contributed by atoms with E-state index >= 15 is 0 Å². The molecule has 0 saturated carbocycles. The largest absolute Gasteiger partial charge is 0.508 e. The van der Waals surface area contributed by atoms with E-state index in [9.17, 15) is 15.0 Å². The molecule has 1 aromatic carbocycles. The molecule has 0 aliphatic heterocycles. The first-order chi connectivity index (χ1) is 10.5. The molecule has 0 radical (unpaired) electrons. The number of benzene rings is 1. The molecule has 0 fully saturated rings. The van der Waals surface area contributed by atoms with E-state index in [1.807, 2.05) is 0 Å². The van der Waals surface area contributed by atoms with E-state index in [2.05, 4.69) is 4.98 Å². The van der Waals surface area contributed by atoms with Crippen LogP contribution in [0.1, 0.15) is 29.8 Å². The predicted molar refractivity (Wildman–Crippen MR) is 82.8 cm³/mol. The van der Waals surface area contributed by atoms with Gasteiger partial charge in [0.25, 0.3) is 0 Å². The third kappa shape index (κ3) is 2.90. The van der Waals surface area contributed by atoms with Gasteiger partial charge in [-0.15, -0.1) is 11.3 Å². The predicted octanol–water partition coefficient (Wildman–Crippen LogP) is 1.49. The summed E-state index contributed by atoms with van der Waals surface area (Å²) >= 11 is 1.28. The molecule has 1 atom stereocenters. The Bertz CT molecular complexity index is 645. The van der Waals surface area contributed by atoms with Gasteiger partial charge in [-0.1, -0.05) is 6.07 Å². The highest BCUT2D eigenvalue weighted by molar-refractivity contribution is 7.09. The van der Waals surface area contributed by atoms with Gasteiger partial charge in [0.2, 0.25) is 5.91 Å². The zero-order valence-corrected chi connectivity index (χ0v) is 12.7. The summed E-state index contributed by atoms with van der Waals surface area (Å²) in [5, 5.41) is 30.9. The molecule has 5 N–H and O–H groups in total. The lowest BCUT2D eigenvalue weighted by Gasteiger charge is -2.30. The van der Waals surface area contributed by atoms with Crippen molar-refractivity contribution in [3.05, 3.63) is 40.3 Å². The summed E-state index contributed by atoms with van der Waals surface area (Å²) in [5.74, 6) is -0.937. The van der Waals surface area contributed by atoms with E-state index in [1.54, 1.807) is 11.6 Å². The number of aliphatic hydroxyl groups excluding tert-OH is 1. The van der Waals surface area contributed by atoms with E-state index in [0.29, 0.717) is 29.8 Å². The summed E-state index contributed by atoms with van der Waals surface area (Å²) in [6.07, 6.45) is 2.94. The summed E-state index contributed by atoms with van der Waals surface area (Å²) in [7, 11) is 0. The third-order valence-corrected chi connectivity index (χ3v) is 4.55. The van der Waals surface area contributed by atoms with Crippen molar-refractivity contribution in [2.75, 3.05) is 6.61 Å². The highest BCUT2D eigenvalue weighted by Gasteiger charge is 2.44. The van der Waals surface area contributed by atoms with Crippen molar-refractivity contribution in [2.45, 2.75) is 24.7 Å². The molecule has 1 aromatic heterocycles. The number of hydrogen-bond donors (Lipinski definition) is 4. The molecule has 0 bridgehead atoms. The molecule has 7 heteroatoms. The molecule has 0 spiro atoms. The quantitative estimate of drug-likeness (QED) is 0.576. The SMILES string of the molecule is NC(=O)C(CCCCO)(c1nccs1)c1ccc(O)cc1O. The van der Waals surface area contributed by atoms with E-state index in [0.717, 1.165) is 0 Å². The van der Waals surface area contributed by atoms with Gasteiger partial charge in [0, 0.05) is 29.8 Å². The Balaban J connectivity index is 2.59. The second-order valence-corrected chi connectivity index (χ2v) is 5.88. The maximum atomic E-state index is 12.3. The number of primary amides is 1. The van der Waals surface area contributed by atoms with E-state index < -0.39 is 11.3 Å². The number of aliphatic hydroxyl groups is 1. The van der Waals surface area contributed by atoms with Crippen molar-refractivity contribution in [3.8, 4) is 11.5 Å². The molecular formula is C15H18N2O4S. The first-order valence-corrected chi connectivity index (χ1v) is 7.73. The van der Waals surface area contributed by atoms with Crippen LogP contribution in [0.5, 0.6) is 11.5 Å². The zero-order valence-electron chi connectivity index (χ0n) is 11.9. The summed E-state index contributed by atoms with van der Waals surface area (Å²) < 4.78 is 0. The first-order valence-electron chi connectivity index (χ1n) is 6.85. The fraction of sp³-hybridized carbons (Fsp3) is 0.333. The van der Waals surface area contributed by atoms with Crippen molar-refractivity contribution in [3.63, 3.8) is 0 Å². The van der Waals surface area contributed by atoms with Gasteiger partial charge in [-0.25, -0.2) is 4.98 Å². The summed E-state index contributed by atoms with van der Waals surface area (Å²) in [5.41, 5.74) is 4.71. The Morgan fingerprint density at radius 1 is 1.32 bits per heavy atom. The summed E-state index contributed by atoms with van der Waals surface area (Å²) in [6, 6.07) is 4.05. The van der Waals surface area contributed by atoms with Gasteiger partial charge in [-0.3, -0.25) is 4.79 Å². The number of phenols is 2. The fourth-order valence-corrected chi connectivity index (χ4v) is 3.42. The van der Waals surface area contributed by atoms with Gasteiger partial charge < -0.3 is 21.1 Å². The Hall–Kier alpha value is -2.12. The number of carbonyl (C=O) groups is 1. The number of aromatic hydroxyl groups is 2. The number of phenolic OH excluding ortho intramolecular Hbond substituents is 2. The molecule has 2 rings (SSSR count). The second kappa shape index (κ2) is 6.76. The molecule has 0 saturated heterocycles. The zero-order chi connectivity index (χ0) is 16.2. The number of nitrogens with two attached hydrogens (primary N) is 1. The fourth-order valence-electron chi connectivity index (χ4n) is 2.54. The summed E-state index contributed by atoms with van der Waals surface area (Å²) in [6.45, 7) is 0.00821. The van der Waals surface area contributed by atoms with Gasteiger partial charge in [0.15, 0.2) is 0 Å². The van der Waals surface area contributed by atoms with Crippen LogP contribution < -0.4 is 5.73 Å². The second-order valence-electron chi connectivity index (χ2n) is 4.99. The number of unbranched alkanes of at least 4 members (excludes halogenated alkanes) is 1. The smallest absolute Gasteiger partial charge is 0.235 e. The van der Waals surface area contributed by atoms with E-state index in [4.69, 9.17) is 10.8 Å². The molecule has 1 heterocycles. The number of aromatic nitrogens is 1. The number of nitrogens with zero attached hydrogens (tertiary/aromatic N) is 1. The minimum Gasteiger partial charge on any atom is -0.508 e. The van der Waals surface area contributed by atoms with Crippen molar-refractivity contribution in [1.29, 1.82) is 0 Å². The van der Waals surface area contributed by atoms with Gasteiger partial charge >= 0.3 is 0 Å². The van der Waals surface area contributed by atoms with Crippen LogP contribution in [0.25, 0.3) is 0 Å². The van der Waals surface area contributed by atoms with Crippen molar-refractivity contribution in [1.82, 2.24) is 4.98 Å². The van der Waals surface area contributed by atoms with Crippen LogP contribution in [-0.2, 0) is 10.2 Å². The lowest BCUT2D eigenvalue weighted by atomic mass is 9.75. The van der Waals surface area contributed by atoms with Crippen molar-refractivity contribution < 1.29 is 20.1 Å². The highest BCUT2D eigenvalue weighted by Crippen LogP contribution is 2.43. The Morgan fingerprint density at radius 2 is 2.09 bits per heavy atom. The van der Waals surface area contributed by atoms with Gasteiger partial charge in [-0.05, 0) is 25.3 Å². The van der Waals surface area contributed by atoms with Gasteiger partial charge in [-0.2, -0.15) is 0 Å². The van der Waals surface area contributed by atoms with Crippen LogP contribution in [0, 0.1) is 0 Å². The molecule has 6 nitrogen and oxygen atoms in total. The van der Waals surface area contributed by atoms with Crippen molar-refractivity contribution >= 4 is 17.2 Å². The van der Waals surface area contributed by atoms with Crippen LogP contribution in [0.3, 0.4) is 0 Å². The normalized spacial score (nSPS) is 13.7. The molecular weight excluding hydrogens is 304 g/mol. The van der Waals surface area contributed by atoms with Gasteiger partial charge in [0.1, 0.15) is 21.9 Å². The lowest BCUT2D eigenvalue weighted by Crippen LogP contribution is -2.42. The topological polar surface area (TPSA) is 117 Å². The molecule has 2 aromatic rings. The number of hydrogen-bond acceptors (Lipinski definition) is 6. The monoisotopic (exact) mass is 322 g/mol. The minimum atomic E-state index is -1.28. The van der Waals surface area contributed by atoms with Crippen LogP contribution in [-0.4, -0.2) is 32.8 Å². The average molecular weight is 322 g/mol. The average Bonchev–Trinajstić information content (AvgIpc) is 2.99. The van der Waals surface area contributed by atoms with Gasteiger partial charge in [0.05, 0.1) is 0 Å². The number of amides is 1. The first kappa shape index (κ1) is 16.3. The standard InChI is InChI=1S/C15H18N2O4S/c16-13(21)15(5-1-2-7-18,14-17-6-8-22-14)11-4-3-10(19)9-12(11)20/h3-4,6,8-9,18-20H,1-2,5,7H2,(H2,16,21). The molecule has 0 aliphatic rings. The van der Waals surface area contributed by atoms with Crippen LogP contribution >= 0.6 is 11.3 Å². The molecule has 1 amide bonds. The van der Waals surface area contributed by atoms with Crippen LogP contribution in [0.2, 0.25) is 0 Å². The third-order valence-electron chi connectivity index (χ3n) is 3.62. The number of carbonyl (C=O) groups excluding carboxylic acids is 1. The molecule has 22 heavy (non-hydrogen) atoms. The minimum absolute atomic E-state index is 0.00821. The lowest BCUT2D eigenvalue weighted by molar-refractivity contribution is -0.122. The highest BCUT2D eigenvalue weighted by atomic mass is 32.1. The van der Waals surface area contributed by atoms with E-state index in [1.165, 1.54) is 29.5 Å². The summed E-state index contributed by atoms with van der Waals surface area (Å²) in [4.78, 5) is 16.5. The molecule has 118 valence electrons. The van der Waals surface area contributed by atoms with Crippen LogP contribution in [0.15, 0.2) is 29.8 Å². The van der Waals surface area contributed by atoms with Crippen LogP contribution in [0.4, 0.5) is 0 Å². The Labute approximate surface area is 131 Å². The van der Waals surface area contributed by atoms with E-state index in [-0.39, 0.29) is 18.1 Å². The Kier molecular flexibility index (Phi) is 4.99. The number of rotatable bonds is 7. The van der Waals surface area contributed by atoms with Crippen molar-refractivity contribution in [2.24, 2.45) is 5.73 Å². The molecule has 0 aliphatic carbocycles. The Morgan fingerprint density at radius 3 is 2.64 bits per heavy atom. The maximum Gasteiger partial charge on any atom is 0.235 e. The maximum absolute atomic E-state index is 12.3.